The first-order valence-electron chi connectivity index (χ1n) is 3.31. The van der Waals surface area contributed by atoms with Crippen molar-refractivity contribution in [1.29, 1.82) is 0 Å². The van der Waals surface area contributed by atoms with E-state index in [2.05, 4.69) is 4.98 Å². The van der Waals surface area contributed by atoms with Crippen molar-refractivity contribution in [3.8, 4) is 0 Å². The molecule has 0 saturated heterocycles. The summed E-state index contributed by atoms with van der Waals surface area (Å²) in [6, 6.07) is 1.07. The summed E-state index contributed by atoms with van der Waals surface area (Å²) in [5.74, 6) is -1.29. The molecule has 14 heavy (non-hydrogen) atoms. The molecule has 1 rings (SSSR count). The minimum Gasteiger partial charge on any atom is -0.478 e. The van der Waals surface area contributed by atoms with Crippen LogP contribution < -0.4 is 0 Å². The molecule has 3 nitrogen and oxygen atoms in total. The normalized spacial score (nSPS) is 10.6. The summed E-state index contributed by atoms with van der Waals surface area (Å²) in [5.41, 5.74) is -0.777. The van der Waals surface area contributed by atoms with E-state index in [4.69, 9.17) is 16.7 Å². The number of rotatable bonds is 2. The molecule has 0 aromatic carbocycles. The number of carboxylic acids is 1. The summed E-state index contributed by atoms with van der Waals surface area (Å²) in [6.45, 7) is 0. The molecule has 0 amide bonds. The molecule has 7 heteroatoms. The van der Waals surface area contributed by atoms with Crippen LogP contribution in [0.15, 0.2) is 6.07 Å². The second kappa shape index (κ2) is 4.35. The number of hydrogen-bond donors (Lipinski definition) is 1. The van der Waals surface area contributed by atoms with Crippen LogP contribution in [0.1, 0.15) is 22.5 Å². The standard InChI is InChI=1S/C7H3ClF2INO2/c8-5-2(7(13)14)1-3(11)4(12-5)6(9)10/h1,6H,(H,13,14). The molecule has 1 aromatic heterocycles. The van der Waals surface area contributed by atoms with Gasteiger partial charge in [-0.25, -0.2) is 18.6 Å². The highest BCUT2D eigenvalue weighted by Gasteiger charge is 2.19. The zero-order valence-electron chi connectivity index (χ0n) is 6.47. The van der Waals surface area contributed by atoms with Crippen LogP contribution in [0.5, 0.6) is 0 Å². The first-order valence-corrected chi connectivity index (χ1v) is 4.76. The Morgan fingerprint density at radius 2 is 2.21 bits per heavy atom. The van der Waals surface area contributed by atoms with Gasteiger partial charge in [-0.15, -0.1) is 0 Å². The van der Waals surface area contributed by atoms with E-state index < -0.39 is 23.2 Å². The third kappa shape index (κ3) is 2.30. The molecular weight excluding hydrogens is 330 g/mol. The van der Waals surface area contributed by atoms with E-state index in [1.165, 1.54) is 0 Å². The Balaban J connectivity index is 3.31. The zero-order valence-corrected chi connectivity index (χ0v) is 9.38. The molecule has 0 saturated carbocycles. The zero-order chi connectivity index (χ0) is 10.9. The quantitative estimate of drug-likeness (QED) is 0.669. The van der Waals surface area contributed by atoms with Gasteiger partial charge in [-0.1, -0.05) is 11.6 Å². The molecule has 0 fully saturated rings. The van der Waals surface area contributed by atoms with Crippen LogP contribution in [0.3, 0.4) is 0 Å². The number of alkyl halides is 2. The van der Waals surface area contributed by atoms with Gasteiger partial charge >= 0.3 is 5.97 Å². The predicted octanol–water partition coefficient (Wildman–Crippen LogP) is 2.98. The average molecular weight is 333 g/mol. The fourth-order valence-corrected chi connectivity index (χ4v) is 1.68. The van der Waals surface area contributed by atoms with Gasteiger partial charge < -0.3 is 5.11 Å². The largest absolute Gasteiger partial charge is 0.478 e. The first kappa shape index (κ1) is 11.6. The predicted molar refractivity (Wildman–Crippen MR) is 53.9 cm³/mol. The highest BCUT2D eigenvalue weighted by Crippen LogP contribution is 2.26. The maximum atomic E-state index is 12.3. The Morgan fingerprint density at radius 1 is 1.64 bits per heavy atom. The number of halogens is 4. The van der Waals surface area contributed by atoms with Crippen LogP contribution >= 0.6 is 34.2 Å². The van der Waals surface area contributed by atoms with E-state index in [0.29, 0.717) is 0 Å². The lowest BCUT2D eigenvalue weighted by Crippen LogP contribution is -2.04. The summed E-state index contributed by atoms with van der Waals surface area (Å²) in [7, 11) is 0. The van der Waals surface area contributed by atoms with Crippen LogP contribution in [-0.4, -0.2) is 16.1 Å². The Labute approximate surface area is 96.2 Å². The van der Waals surface area contributed by atoms with Gasteiger partial charge in [0.15, 0.2) is 0 Å². The van der Waals surface area contributed by atoms with Crippen molar-refractivity contribution >= 4 is 40.2 Å². The minimum absolute atomic E-state index is 0.0828. The third-order valence-corrected chi connectivity index (χ3v) is 2.55. The van der Waals surface area contributed by atoms with E-state index in [1.54, 1.807) is 22.6 Å². The van der Waals surface area contributed by atoms with Crippen LogP contribution in [0.2, 0.25) is 5.15 Å². The van der Waals surface area contributed by atoms with Gasteiger partial charge in [-0.05, 0) is 28.7 Å². The summed E-state index contributed by atoms with van der Waals surface area (Å²) >= 11 is 7.00. The molecule has 0 aliphatic carbocycles. The van der Waals surface area contributed by atoms with Crippen LogP contribution in [0.4, 0.5) is 8.78 Å². The van der Waals surface area contributed by atoms with Gasteiger partial charge in [0, 0.05) is 3.57 Å². The summed E-state index contributed by atoms with van der Waals surface area (Å²) in [6.07, 6.45) is -2.76. The van der Waals surface area contributed by atoms with Crippen molar-refractivity contribution in [1.82, 2.24) is 4.98 Å². The Morgan fingerprint density at radius 3 is 2.64 bits per heavy atom. The highest BCUT2D eigenvalue weighted by molar-refractivity contribution is 14.1. The molecule has 1 heterocycles. The van der Waals surface area contributed by atoms with E-state index in [-0.39, 0.29) is 9.13 Å². The molecule has 0 aliphatic rings. The van der Waals surface area contributed by atoms with Crippen molar-refractivity contribution in [2.24, 2.45) is 0 Å². The molecule has 0 radical (unpaired) electrons. The fourth-order valence-electron chi connectivity index (χ4n) is 0.783. The number of nitrogens with zero attached hydrogens (tertiary/aromatic N) is 1. The number of pyridine rings is 1. The number of carbonyl (C=O) groups is 1. The molecule has 0 spiro atoms. The topological polar surface area (TPSA) is 50.2 Å². The van der Waals surface area contributed by atoms with Gasteiger partial charge in [0.1, 0.15) is 10.8 Å². The molecular formula is C7H3ClF2INO2. The molecule has 0 unspecified atom stereocenters. The Hall–Kier alpha value is -0.500. The van der Waals surface area contributed by atoms with Crippen LogP contribution in [0.25, 0.3) is 0 Å². The molecule has 1 aromatic rings. The van der Waals surface area contributed by atoms with E-state index >= 15 is 0 Å². The van der Waals surface area contributed by atoms with Crippen molar-refractivity contribution in [2.45, 2.75) is 6.43 Å². The molecule has 0 atom stereocenters. The van der Waals surface area contributed by atoms with E-state index in [1.807, 2.05) is 0 Å². The van der Waals surface area contributed by atoms with E-state index in [9.17, 15) is 13.6 Å². The van der Waals surface area contributed by atoms with Gasteiger partial charge in [-0.2, -0.15) is 0 Å². The number of aromatic carboxylic acids is 1. The monoisotopic (exact) mass is 333 g/mol. The van der Waals surface area contributed by atoms with Crippen LogP contribution in [0, 0.1) is 3.57 Å². The average Bonchev–Trinajstić information content (AvgIpc) is 2.07. The second-order valence-electron chi connectivity index (χ2n) is 2.30. The second-order valence-corrected chi connectivity index (χ2v) is 3.82. The lowest BCUT2D eigenvalue weighted by atomic mass is 10.2. The Bertz CT molecular complexity index is 386. The van der Waals surface area contributed by atoms with Crippen molar-refractivity contribution in [3.05, 3.63) is 26.0 Å². The molecule has 76 valence electrons. The maximum absolute atomic E-state index is 12.3. The van der Waals surface area contributed by atoms with Crippen LogP contribution in [-0.2, 0) is 0 Å². The molecule has 0 bridgehead atoms. The SMILES string of the molecule is O=C(O)c1cc(I)c(C(F)F)nc1Cl. The number of hydrogen-bond acceptors (Lipinski definition) is 2. The van der Waals surface area contributed by atoms with Crippen molar-refractivity contribution in [2.75, 3.05) is 0 Å². The van der Waals surface area contributed by atoms with Gasteiger partial charge in [0.05, 0.1) is 5.56 Å². The van der Waals surface area contributed by atoms with Gasteiger partial charge in [0.2, 0.25) is 0 Å². The molecule has 0 aliphatic heterocycles. The lowest BCUT2D eigenvalue weighted by Gasteiger charge is -2.04. The number of aromatic nitrogens is 1. The van der Waals surface area contributed by atoms with Gasteiger partial charge in [-0.3, -0.25) is 0 Å². The summed E-state index contributed by atoms with van der Waals surface area (Å²) < 4.78 is 24.6. The fraction of sp³-hybridized carbons (Fsp3) is 0.143. The summed E-state index contributed by atoms with van der Waals surface area (Å²) in [4.78, 5) is 13.9. The molecule has 1 N–H and O–H groups in total. The van der Waals surface area contributed by atoms with E-state index in [0.717, 1.165) is 6.07 Å². The smallest absolute Gasteiger partial charge is 0.338 e. The van der Waals surface area contributed by atoms with Crippen molar-refractivity contribution < 1.29 is 18.7 Å². The first-order chi connectivity index (χ1) is 6.43. The van der Waals surface area contributed by atoms with Crippen molar-refractivity contribution in [3.63, 3.8) is 0 Å². The Kier molecular flexibility index (Phi) is 3.59. The lowest BCUT2D eigenvalue weighted by molar-refractivity contribution is 0.0695. The summed E-state index contributed by atoms with van der Waals surface area (Å²) in [5, 5.41) is 8.18. The third-order valence-electron chi connectivity index (χ3n) is 1.39. The maximum Gasteiger partial charge on any atom is 0.338 e. The minimum atomic E-state index is -2.76. The number of carboxylic acid groups (broad SMARTS) is 1. The highest BCUT2D eigenvalue weighted by atomic mass is 127. The van der Waals surface area contributed by atoms with Gasteiger partial charge in [0.25, 0.3) is 6.43 Å².